The first-order chi connectivity index (χ1) is 4.29. The average molecular weight is 129 g/mol. The van der Waals surface area contributed by atoms with Gasteiger partial charge < -0.3 is 0 Å². The van der Waals surface area contributed by atoms with E-state index in [9.17, 15) is 0 Å². The Labute approximate surface area is 56.4 Å². The molecule has 1 saturated heterocycles. The predicted molar refractivity (Wildman–Crippen MR) is 37.5 cm³/mol. The molecule has 0 aromatic carbocycles. The lowest BCUT2D eigenvalue weighted by molar-refractivity contribution is 0.207. The Morgan fingerprint density at radius 1 is 1.56 bits per heavy atom. The number of rotatable bonds is 2. The first kappa shape index (κ1) is 6.99. The summed E-state index contributed by atoms with van der Waals surface area (Å²) in [7, 11) is 0. The van der Waals surface area contributed by atoms with Gasteiger partial charge in [0.2, 0.25) is 0 Å². The topological polar surface area (TPSA) is 27.3 Å². The molecule has 0 unspecified atom stereocenters. The summed E-state index contributed by atoms with van der Waals surface area (Å²) in [6.07, 6.45) is 0. The first-order valence-corrected chi connectivity index (χ1v) is 3.52. The molecule has 0 bridgehead atoms. The molecule has 1 heterocycles. The van der Waals surface area contributed by atoms with Gasteiger partial charge >= 0.3 is 0 Å². The first-order valence-electron chi connectivity index (χ1n) is 3.52. The molecule has 0 aromatic heterocycles. The zero-order valence-electron chi connectivity index (χ0n) is 6.15. The van der Waals surface area contributed by atoms with Crippen LogP contribution in [-0.4, -0.2) is 24.6 Å². The fraction of sp³-hybridized carbons (Fsp3) is 1.00. The molecule has 1 fully saturated rings. The number of nitrogens with one attached hydrogen (secondary N) is 2. The monoisotopic (exact) mass is 129 g/mol. The van der Waals surface area contributed by atoms with Crippen LogP contribution < -0.4 is 11.0 Å². The quantitative estimate of drug-likeness (QED) is 0.548. The Morgan fingerprint density at radius 3 is 2.78 bits per heavy atom. The van der Waals surface area contributed by atoms with Crippen LogP contribution >= 0.6 is 0 Å². The van der Waals surface area contributed by atoms with Crippen molar-refractivity contribution in [3.63, 3.8) is 0 Å². The molecule has 0 aliphatic carbocycles. The zero-order chi connectivity index (χ0) is 6.69. The van der Waals surface area contributed by atoms with E-state index in [2.05, 4.69) is 29.8 Å². The molecule has 0 saturated carbocycles. The molecule has 0 radical (unpaired) electrons. The Hall–Kier alpha value is -0.120. The SMILES string of the molecule is CC(C)CN1CCNN1. The fourth-order valence-corrected chi connectivity index (χ4v) is 0.992. The maximum atomic E-state index is 3.07. The normalized spacial score (nSPS) is 21.7. The second-order valence-corrected chi connectivity index (χ2v) is 2.88. The van der Waals surface area contributed by atoms with Gasteiger partial charge in [-0.3, -0.25) is 0 Å². The molecule has 0 aromatic rings. The van der Waals surface area contributed by atoms with Gasteiger partial charge in [0, 0.05) is 19.6 Å². The summed E-state index contributed by atoms with van der Waals surface area (Å²) in [6, 6.07) is 0. The highest BCUT2D eigenvalue weighted by Gasteiger charge is 2.10. The highest BCUT2D eigenvalue weighted by Crippen LogP contribution is 1.95. The number of hydrazine groups is 2. The van der Waals surface area contributed by atoms with Crippen LogP contribution in [0.15, 0.2) is 0 Å². The maximum absolute atomic E-state index is 3.07. The second-order valence-electron chi connectivity index (χ2n) is 2.88. The van der Waals surface area contributed by atoms with E-state index in [0.717, 1.165) is 25.6 Å². The van der Waals surface area contributed by atoms with E-state index in [0.29, 0.717) is 0 Å². The summed E-state index contributed by atoms with van der Waals surface area (Å²) >= 11 is 0. The van der Waals surface area contributed by atoms with Crippen LogP contribution in [0.1, 0.15) is 13.8 Å². The summed E-state index contributed by atoms with van der Waals surface area (Å²) in [6.45, 7) is 7.76. The molecule has 2 N–H and O–H groups in total. The minimum absolute atomic E-state index is 0.748. The van der Waals surface area contributed by atoms with Crippen LogP contribution in [0, 0.1) is 5.92 Å². The molecule has 1 rings (SSSR count). The maximum Gasteiger partial charge on any atom is 0.0284 e. The number of hydrogen-bond acceptors (Lipinski definition) is 3. The molecular formula is C6H15N3. The van der Waals surface area contributed by atoms with Crippen LogP contribution in [0.25, 0.3) is 0 Å². The van der Waals surface area contributed by atoms with E-state index in [4.69, 9.17) is 0 Å². The van der Waals surface area contributed by atoms with Crippen LogP contribution in [0.4, 0.5) is 0 Å². The molecule has 3 nitrogen and oxygen atoms in total. The molecule has 1 aliphatic rings. The lowest BCUT2D eigenvalue weighted by atomic mass is 10.2. The molecule has 0 spiro atoms. The van der Waals surface area contributed by atoms with Crippen molar-refractivity contribution >= 4 is 0 Å². The largest absolute Gasteiger partial charge is 0.243 e. The van der Waals surface area contributed by atoms with E-state index in [1.807, 2.05) is 0 Å². The van der Waals surface area contributed by atoms with Crippen LogP contribution in [0.2, 0.25) is 0 Å². The van der Waals surface area contributed by atoms with E-state index in [-0.39, 0.29) is 0 Å². The van der Waals surface area contributed by atoms with Crippen LogP contribution in [0.3, 0.4) is 0 Å². The number of hydrogen-bond donors (Lipinski definition) is 2. The van der Waals surface area contributed by atoms with Gasteiger partial charge in [0.15, 0.2) is 0 Å². The molecule has 3 heteroatoms. The van der Waals surface area contributed by atoms with Crippen molar-refractivity contribution in [3.05, 3.63) is 0 Å². The Balaban J connectivity index is 2.11. The van der Waals surface area contributed by atoms with Gasteiger partial charge in [-0.05, 0) is 5.92 Å². The summed E-state index contributed by atoms with van der Waals surface area (Å²) in [5.74, 6) is 0.748. The summed E-state index contributed by atoms with van der Waals surface area (Å²) < 4.78 is 0. The predicted octanol–water partition coefficient (Wildman–Crippen LogP) is -0.0328. The van der Waals surface area contributed by atoms with E-state index < -0.39 is 0 Å². The van der Waals surface area contributed by atoms with Crippen molar-refractivity contribution < 1.29 is 0 Å². The highest BCUT2D eigenvalue weighted by molar-refractivity contribution is 4.60. The van der Waals surface area contributed by atoms with Crippen molar-refractivity contribution in [1.29, 1.82) is 0 Å². The Morgan fingerprint density at radius 2 is 2.33 bits per heavy atom. The minimum Gasteiger partial charge on any atom is -0.243 e. The molecular weight excluding hydrogens is 114 g/mol. The third kappa shape index (κ3) is 2.30. The molecule has 54 valence electrons. The van der Waals surface area contributed by atoms with Crippen molar-refractivity contribution in [2.45, 2.75) is 13.8 Å². The Bertz CT molecular complexity index is 76.4. The van der Waals surface area contributed by atoms with Gasteiger partial charge in [-0.25, -0.2) is 10.4 Å². The van der Waals surface area contributed by atoms with E-state index in [1.54, 1.807) is 0 Å². The van der Waals surface area contributed by atoms with Gasteiger partial charge in [0.1, 0.15) is 0 Å². The van der Waals surface area contributed by atoms with Crippen LogP contribution in [0.5, 0.6) is 0 Å². The van der Waals surface area contributed by atoms with Gasteiger partial charge in [-0.2, -0.15) is 5.53 Å². The third-order valence-electron chi connectivity index (χ3n) is 1.33. The lowest BCUT2D eigenvalue weighted by Gasteiger charge is -2.15. The number of nitrogens with zero attached hydrogens (tertiary/aromatic N) is 1. The summed E-state index contributed by atoms with van der Waals surface area (Å²) in [4.78, 5) is 0. The molecule has 9 heavy (non-hydrogen) atoms. The van der Waals surface area contributed by atoms with Crippen molar-refractivity contribution in [2.75, 3.05) is 19.6 Å². The van der Waals surface area contributed by atoms with Crippen molar-refractivity contribution in [3.8, 4) is 0 Å². The molecule has 0 atom stereocenters. The van der Waals surface area contributed by atoms with Gasteiger partial charge in [-0.1, -0.05) is 13.8 Å². The second kappa shape index (κ2) is 3.15. The van der Waals surface area contributed by atoms with Gasteiger partial charge in [0.25, 0.3) is 0 Å². The smallest absolute Gasteiger partial charge is 0.0284 e. The van der Waals surface area contributed by atoms with Gasteiger partial charge in [-0.15, -0.1) is 0 Å². The van der Waals surface area contributed by atoms with E-state index >= 15 is 0 Å². The molecule has 1 aliphatic heterocycles. The summed E-state index contributed by atoms with van der Waals surface area (Å²) in [5, 5.41) is 2.20. The fourth-order valence-electron chi connectivity index (χ4n) is 0.992. The average Bonchev–Trinajstić information content (AvgIpc) is 2.15. The third-order valence-corrected chi connectivity index (χ3v) is 1.33. The van der Waals surface area contributed by atoms with E-state index in [1.165, 1.54) is 0 Å². The minimum atomic E-state index is 0.748. The molecule has 0 amide bonds. The zero-order valence-corrected chi connectivity index (χ0v) is 6.15. The highest BCUT2D eigenvalue weighted by atomic mass is 15.7. The Kier molecular flexibility index (Phi) is 2.45. The van der Waals surface area contributed by atoms with Crippen molar-refractivity contribution in [2.24, 2.45) is 5.92 Å². The summed E-state index contributed by atoms with van der Waals surface area (Å²) in [5.41, 5.74) is 6.12. The van der Waals surface area contributed by atoms with Crippen LogP contribution in [-0.2, 0) is 0 Å². The standard InChI is InChI=1S/C6H15N3/c1-6(2)5-9-4-3-7-8-9/h6-8H,3-5H2,1-2H3. The lowest BCUT2D eigenvalue weighted by Crippen LogP contribution is -2.38. The van der Waals surface area contributed by atoms with Crippen molar-refractivity contribution in [1.82, 2.24) is 16.0 Å². The van der Waals surface area contributed by atoms with Gasteiger partial charge in [0.05, 0.1) is 0 Å².